The summed E-state index contributed by atoms with van der Waals surface area (Å²) in [6.07, 6.45) is 0.945. The molecule has 3 aromatic rings. The van der Waals surface area contributed by atoms with Gasteiger partial charge in [-0.2, -0.15) is 0 Å². The summed E-state index contributed by atoms with van der Waals surface area (Å²) in [4.78, 5) is 12.2. The largest absolute Gasteiger partial charge is 0.496 e. The van der Waals surface area contributed by atoms with Gasteiger partial charge in [-0.1, -0.05) is 31.2 Å². The Morgan fingerprint density at radius 2 is 1.88 bits per heavy atom. The fraction of sp³-hybridized carbons (Fsp3) is 0.167. The van der Waals surface area contributed by atoms with Crippen molar-refractivity contribution in [3.63, 3.8) is 0 Å². The summed E-state index contributed by atoms with van der Waals surface area (Å²) in [6.45, 7) is 2.07. The molecule has 0 aliphatic rings. The molecule has 1 aromatic heterocycles. The molecular formula is C18H17N3O3. The number of benzene rings is 2. The van der Waals surface area contributed by atoms with Crippen molar-refractivity contribution in [2.45, 2.75) is 13.3 Å². The van der Waals surface area contributed by atoms with Crippen LogP contribution < -0.4 is 10.1 Å². The predicted molar refractivity (Wildman–Crippen MR) is 90.1 cm³/mol. The fourth-order valence-corrected chi connectivity index (χ4v) is 2.25. The monoisotopic (exact) mass is 323 g/mol. The minimum absolute atomic E-state index is 0.101. The zero-order valence-corrected chi connectivity index (χ0v) is 13.4. The van der Waals surface area contributed by atoms with Crippen LogP contribution in [0.5, 0.6) is 5.75 Å². The van der Waals surface area contributed by atoms with Gasteiger partial charge in [0.1, 0.15) is 5.75 Å². The lowest BCUT2D eigenvalue weighted by Crippen LogP contribution is -2.12. The van der Waals surface area contributed by atoms with E-state index in [0.29, 0.717) is 17.0 Å². The van der Waals surface area contributed by atoms with Gasteiger partial charge >= 0.3 is 11.8 Å². The van der Waals surface area contributed by atoms with Gasteiger partial charge in [0.25, 0.3) is 5.89 Å². The van der Waals surface area contributed by atoms with Crippen LogP contribution in [0.3, 0.4) is 0 Å². The first-order valence-corrected chi connectivity index (χ1v) is 7.58. The molecule has 0 radical (unpaired) electrons. The number of aryl methyl sites for hydroxylation is 1. The van der Waals surface area contributed by atoms with Crippen LogP contribution in [-0.2, 0) is 6.42 Å². The van der Waals surface area contributed by atoms with E-state index >= 15 is 0 Å². The maximum absolute atomic E-state index is 12.2. The first-order valence-electron chi connectivity index (χ1n) is 7.58. The molecule has 0 saturated heterocycles. The summed E-state index contributed by atoms with van der Waals surface area (Å²) >= 11 is 0. The number of methoxy groups -OCH3 is 1. The molecule has 6 nitrogen and oxygen atoms in total. The minimum atomic E-state index is -0.451. The lowest BCUT2D eigenvalue weighted by molar-refractivity contribution is 0.0991. The van der Waals surface area contributed by atoms with E-state index in [4.69, 9.17) is 9.15 Å². The van der Waals surface area contributed by atoms with Gasteiger partial charge in [-0.05, 0) is 36.2 Å². The third kappa shape index (κ3) is 3.27. The Bertz CT molecular complexity index is 841. The molecule has 1 heterocycles. The second kappa shape index (κ2) is 6.95. The normalized spacial score (nSPS) is 10.4. The maximum atomic E-state index is 12.2. The second-order valence-corrected chi connectivity index (χ2v) is 5.12. The van der Waals surface area contributed by atoms with Crippen molar-refractivity contribution < 1.29 is 13.9 Å². The number of carbonyl (C=O) groups excluding carboxylic acids is 1. The summed E-state index contributed by atoms with van der Waals surface area (Å²) in [5.41, 5.74) is 2.51. The fourth-order valence-electron chi connectivity index (χ4n) is 2.25. The average Bonchev–Trinajstić information content (AvgIpc) is 3.12. The number of amides is 1. The van der Waals surface area contributed by atoms with E-state index in [1.165, 1.54) is 5.56 Å². The van der Waals surface area contributed by atoms with Crippen molar-refractivity contribution in [1.29, 1.82) is 0 Å². The van der Waals surface area contributed by atoms with Crippen molar-refractivity contribution in [2.24, 2.45) is 0 Å². The molecule has 122 valence electrons. The van der Waals surface area contributed by atoms with Gasteiger partial charge < -0.3 is 14.5 Å². The molecule has 3 rings (SSSR count). The number of nitrogens with zero attached hydrogens (tertiary/aromatic N) is 2. The van der Waals surface area contributed by atoms with Gasteiger partial charge in [0.15, 0.2) is 0 Å². The smallest absolute Gasteiger partial charge is 0.313 e. The highest BCUT2D eigenvalue weighted by Crippen LogP contribution is 2.28. The van der Waals surface area contributed by atoms with E-state index in [-0.39, 0.29) is 11.8 Å². The van der Waals surface area contributed by atoms with Crippen LogP contribution in [0.4, 0.5) is 5.69 Å². The van der Waals surface area contributed by atoms with Gasteiger partial charge in [-0.3, -0.25) is 4.79 Å². The Hall–Kier alpha value is -3.15. The Balaban J connectivity index is 1.78. The van der Waals surface area contributed by atoms with Crippen molar-refractivity contribution in [3.05, 3.63) is 60.0 Å². The summed E-state index contributed by atoms with van der Waals surface area (Å²) in [5, 5.41) is 10.5. The molecule has 0 aliphatic heterocycles. The highest BCUT2D eigenvalue weighted by atomic mass is 16.5. The number of anilines is 1. The highest BCUT2D eigenvalue weighted by molar-refractivity contribution is 6.00. The number of hydrogen-bond acceptors (Lipinski definition) is 5. The highest BCUT2D eigenvalue weighted by Gasteiger charge is 2.18. The maximum Gasteiger partial charge on any atom is 0.313 e. The molecule has 0 saturated carbocycles. The van der Waals surface area contributed by atoms with Crippen molar-refractivity contribution in [3.8, 4) is 17.2 Å². The lowest BCUT2D eigenvalue weighted by Gasteiger charge is -2.04. The molecule has 0 aliphatic carbocycles. The van der Waals surface area contributed by atoms with Crippen LogP contribution in [0.25, 0.3) is 11.5 Å². The van der Waals surface area contributed by atoms with E-state index < -0.39 is 5.91 Å². The topological polar surface area (TPSA) is 77.2 Å². The molecule has 2 aromatic carbocycles. The second-order valence-electron chi connectivity index (χ2n) is 5.12. The minimum Gasteiger partial charge on any atom is -0.496 e. The van der Waals surface area contributed by atoms with Gasteiger partial charge in [0.2, 0.25) is 0 Å². The molecule has 6 heteroatoms. The summed E-state index contributed by atoms with van der Waals surface area (Å²) in [6, 6.07) is 14.9. The Morgan fingerprint density at radius 1 is 1.12 bits per heavy atom. The Morgan fingerprint density at radius 3 is 2.58 bits per heavy atom. The van der Waals surface area contributed by atoms with Gasteiger partial charge in [0.05, 0.1) is 12.7 Å². The third-order valence-corrected chi connectivity index (χ3v) is 3.58. The van der Waals surface area contributed by atoms with Gasteiger partial charge in [-0.25, -0.2) is 0 Å². The van der Waals surface area contributed by atoms with Crippen molar-refractivity contribution in [2.75, 3.05) is 12.4 Å². The third-order valence-electron chi connectivity index (χ3n) is 3.58. The van der Waals surface area contributed by atoms with Crippen LogP contribution in [0.1, 0.15) is 23.2 Å². The average molecular weight is 323 g/mol. The summed E-state index contributed by atoms with van der Waals surface area (Å²) in [7, 11) is 1.56. The van der Waals surface area contributed by atoms with E-state index in [9.17, 15) is 4.79 Å². The number of rotatable bonds is 5. The summed E-state index contributed by atoms with van der Waals surface area (Å²) in [5.74, 6) is 0.283. The summed E-state index contributed by atoms with van der Waals surface area (Å²) < 4.78 is 10.7. The molecule has 0 unspecified atom stereocenters. The first kappa shape index (κ1) is 15.7. The molecule has 0 bridgehead atoms. The Labute approximate surface area is 139 Å². The SMILES string of the molecule is CCc1ccc(NC(=O)c2nnc(-c3ccccc3OC)o2)cc1. The van der Waals surface area contributed by atoms with E-state index in [2.05, 4.69) is 22.4 Å². The molecular weight excluding hydrogens is 306 g/mol. The van der Waals surface area contributed by atoms with Crippen molar-refractivity contribution >= 4 is 11.6 Å². The lowest BCUT2D eigenvalue weighted by atomic mass is 10.1. The molecule has 0 atom stereocenters. The standard InChI is InChI=1S/C18H17N3O3/c1-3-12-8-10-13(11-9-12)19-16(22)18-21-20-17(24-18)14-6-4-5-7-15(14)23-2/h4-11H,3H2,1-2H3,(H,19,22). The quantitative estimate of drug-likeness (QED) is 0.777. The zero-order chi connectivity index (χ0) is 16.9. The van der Waals surface area contributed by atoms with E-state index in [1.807, 2.05) is 36.4 Å². The molecule has 0 spiro atoms. The number of aromatic nitrogens is 2. The zero-order valence-electron chi connectivity index (χ0n) is 13.4. The van der Waals surface area contributed by atoms with Gasteiger partial charge in [-0.15, -0.1) is 10.2 Å². The van der Waals surface area contributed by atoms with Crippen LogP contribution in [0.2, 0.25) is 0 Å². The first-order chi connectivity index (χ1) is 11.7. The van der Waals surface area contributed by atoms with Crippen LogP contribution in [-0.4, -0.2) is 23.2 Å². The van der Waals surface area contributed by atoms with Crippen molar-refractivity contribution in [1.82, 2.24) is 10.2 Å². The molecule has 0 fully saturated rings. The number of carbonyl (C=O) groups is 1. The van der Waals surface area contributed by atoms with Crippen LogP contribution in [0, 0.1) is 0 Å². The van der Waals surface area contributed by atoms with Crippen LogP contribution in [0.15, 0.2) is 52.9 Å². The van der Waals surface area contributed by atoms with Gasteiger partial charge in [0, 0.05) is 5.69 Å². The number of para-hydroxylation sites is 1. The Kier molecular flexibility index (Phi) is 4.56. The number of nitrogens with one attached hydrogen (secondary N) is 1. The predicted octanol–water partition coefficient (Wildman–Crippen LogP) is 3.56. The van der Waals surface area contributed by atoms with Crippen LogP contribution >= 0.6 is 0 Å². The number of hydrogen-bond donors (Lipinski definition) is 1. The van der Waals surface area contributed by atoms with E-state index in [1.54, 1.807) is 19.2 Å². The van der Waals surface area contributed by atoms with E-state index in [0.717, 1.165) is 6.42 Å². The molecule has 1 N–H and O–H groups in total. The number of ether oxygens (including phenoxy) is 1. The molecule has 24 heavy (non-hydrogen) atoms. The molecule has 1 amide bonds.